The summed E-state index contributed by atoms with van der Waals surface area (Å²) in [4.78, 5) is 49.9. The molecule has 5 aromatic rings. The highest BCUT2D eigenvalue weighted by Gasteiger charge is 2.20. The number of hydrogen-bond donors (Lipinski definition) is 4. The van der Waals surface area contributed by atoms with Crippen LogP contribution in [0.3, 0.4) is 0 Å². The van der Waals surface area contributed by atoms with Gasteiger partial charge in [-0.1, -0.05) is 13.8 Å². The first-order valence-electron chi connectivity index (χ1n) is 14.4. The van der Waals surface area contributed by atoms with Gasteiger partial charge in [0, 0.05) is 36.3 Å². The highest BCUT2D eigenvalue weighted by atomic mass is 19.1. The molecule has 46 heavy (non-hydrogen) atoms. The van der Waals surface area contributed by atoms with Crippen molar-refractivity contribution in [2.45, 2.75) is 39.3 Å². The lowest BCUT2D eigenvalue weighted by Gasteiger charge is -2.13. The highest BCUT2D eigenvalue weighted by molar-refractivity contribution is 5.83. The number of aromatic hydroxyl groups is 2. The number of phenolic OH excluding ortho intramolecular Hbond substituents is 2. The predicted molar refractivity (Wildman–Crippen MR) is 167 cm³/mol. The van der Waals surface area contributed by atoms with Gasteiger partial charge < -0.3 is 19.5 Å². The van der Waals surface area contributed by atoms with E-state index in [9.17, 15) is 33.8 Å². The van der Waals surface area contributed by atoms with Crippen molar-refractivity contribution >= 4 is 23.0 Å². The minimum Gasteiger partial charge on any atom is -0.508 e. The third-order valence-electron chi connectivity index (χ3n) is 7.56. The Kier molecular flexibility index (Phi) is 9.13. The number of phenols is 2. The van der Waals surface area contributed by atoms with Crippen LogP contribution in [-0.2, 0) is 22.6 Å². The molecule has 240 valence electrons. The number of rotatable bonds is 11. The average Bonchev–Trinajstić information content (AvgIpc) is 3.60. The lowest BCUT2D eigenvalue weighted by Crippen LogP contribution is -2.32. The summed E-state index contributed by atoms with van der Waals surface area (Å²) >= 11 is 0. The molecule has 0 aliphatic heterocycles. The van der Waals surface area contributed by atoms with Crippen LogP contribution in [-0.4, -0.2) is 76.1 Å². The number of benzene rings is 2. The molecule has 0 saturated carbocycles. The average molecular weight is 635 g/mol. The van der Waals surface area contributed by atoms with Crippen molar-refractivity contribution in [1.29, 1.82) is 0 Å². The first-order chi connectivity index (χ1) is 21.9. The molecule has 14 nitrogen and oxygen atoms in total. The van der Waals surface area contributed by atoms with Gasteiger partial charge in [-0.2, -0.15) is 14.1 Å². The maximum atomic E-state index is 13.4. The Bertz CT molecular complexity index is 2140. The van der Waals surface area contributed by atoms with Crippen LogP contribution in [0.15, 0.2) is 63.2 Å². The topological polar surface area (TPSA) is 180 Å². The summed E-state index contributed by atoms with van der Waals surface area (Å²) in [6.45, 7) is 4.71. The van der Waals surface area contributed by atoms with Gasteiger partial charge in [-0.15, -0.1) is 0 Å². The summed E-state index contributed by atoms with van der Waals surface area (Å²) in [5.74, 6) is -1.50. The number of ether oxygens (including phenoxy) is 1. The monoisotopic (exact) mass is 634 g/mol. The summed E-state index contributed by atoms with van der Waals surface area (Å²) in [7, 11) is 1.54. The Morgan fingerprint density at radius 1 is 1.07 bits per heavy atom. The normalized spacial score (nSPS) is 12.0. The standard InChI is InChI=1S/C31H32FN7O7/c1-18(2)21-15-22(26(41)16-25(21)40)28-34-35-31(45)39(28)20-4-5-24-19(14-20)6-8-37(24)11-13-46-12-10-36(3)27(42)7-9-38-17-23(32)29(43)33-30(38)44/h4-6,8,10,14-18H,7,9,11-13H2,1-3H3,(H3-,33,34,35,40,41,43,44,45)/p+1. The zero-order chi connectivity index (χ0) is 33.1. The first kappa shape index (κ1) is 31.8. The van der Waals surface area contributed by atoms with Crippen LogP contribution >= 0.6 is 0 Å². The van der Waals surface area contributed by atoms with Crippen LogP contribution in [0.25, 0.3) is 28.0 Å². The number of nitrogens with zero attached hydrogens (tertiary/aromatic N) is 5. The number of carbonyl (C=O) groups is 1. The number of nitrogens with one attached hydrogen (secondary N) is 2. The van der Waals surface area contributed by atoms with E-state index in [2.05, 4.69) is 10.2 Å². The summed E-state index contributed by atoms with van der Waals surface area (Å²) in [5.41, 5.74) is -0.0481. The Balaban J connectivity index is 1.22. The Morgan fingerprint density at radius 3 is 2.61 bits per heavy atom. The lowest BCUT2D eigenvalue weighted by molar-refractivity contribution is -0.416. The van der Waals surface area contributed by atoms with Crippen molar-refractivity contribution in [3.63, 3.8) is 0 Å². The number of hydrogen-bond acceptors (Lipinski definition) is 8. The molecule has 3 aromatic heterocycles. The second-order valence-corrected chi connectivity index (χ2v) is 11.0. The maximum Gasteiger partial charge on any atom is 0.388 e. The third kappa shape index (κ3) is 6.58. The fourth-order valence-corrected chi connectivity index (χ4v) is 5.03. The van der Waals surface area contributed by atoms with Gasteiger partial charge in [0.15, 0.2) is 12.0 Å². The molecule has 2 aromatic carbocycles. The smallest absolute Gasteiger partial charge is 0.388 e. The Hall–Kier alpha value is -5.57. The molecule has 0 spiro atoms. The zero-order valence-corrected chi connectivity index (χ0v) is 25.4. The maximum absolute atomic E-state index is 13.4. The van der Waals surface area contributed by atoms with Crippen LogP contribution in [0.4, 0.5) is 4.39 Å². The van der Waals surface area contributed by atoms with Crippen molar-refractivity contribution < 1.29 is 28.7 Å². The minimum atomic E-state index is -1.11. The number of aryl methyl sites for hydroxylation is 1. The molecule has 3 heterocycles. The van der Waals surface area contributed by atoms with Crippen LogP contribution < -0.4 is 16.9 Å². The van der Waals surface area contributed by atoms with Gasteiger partial charge in [-0.3, -0.25) is 14.3 Å². The predicted octanol–water partition coefficient (Wildman–Crippen LogP) is 2.05. The van der Waals surface area contributed by atoms with Crippen molar-refractivity contribution in [2.24, 2.45) is 0 Å². The Morgan fingerprint density at radius 2 is 1.85 bits per heavy atom. The molecule has 5 rings (SSSR count). The number of aromatic amines is 2. The number of amides is 1. The molecular formula is C31H33FN7O7+. The lowest BCUT2D eigenvalue weighted by atomic mass is 9.98. The number of fused-ring (bicyclic) bond motifs is 1. The minimum absolute atomic E-state index is 0.0267. The summed E-state index contributed by atoms with van der Waals surface area (Å²) < 4.78 is 24.7. The summed E-state index contributed by atoms with van der Waals surface area (Å²) in [5, 5.41) is 28.3. The van der Waals surface area contributed by atoms with Crippen LogP contribution in [0.1, 0.15) is 31.7 Å². The fraction of sp³-hybridized carbons (Fsp3) is 0.290. The molecule has 0 saturated heterocycles. The zero-order valence-electron chi connectivity index (χ0n) is 25.4. The fourth-order valence-electron chi connectivity index (χ4n) is 5.03. The van der Waals surface area contributed by atoms with Gasteiger partial charge in [0.05, 0.1) is 30.5 Å². The second kappa shape index (κ2) is 13.2. The summed E-state index contributed by atoms with van der Waals surface area (Å²) in [6, 6.07) is 10.2. The number of carbonyl (C=O) groups excluding carboxylic acids is 1. The van der Waals surface area contributed by atoms with Gasteiger partial charge in [0.1, 0.15) is 25.2 Å². The molecule has 4 N–H and O–H groups in total. The molecule has 15 heteroatoms. The van der Waals surface area contributed by atoms with Gasteiger partial charge in [0.2, 0.25) is 5.82 Å². The number of aromatic nitrogens is 6. The van der Waals surface area contributed by atoms with Crippen LogP contribution in [0.2, 0.25) is 0 Å². The molecule has 0 aliphatic rings. The van der Waals surface area contributed by atoms with Crippen molar-refractivity contribution in [3.05, 3.63) is 91.5 Å². The van der Waals surface area contributed by atoms with Gasteiger partial charge >= 0.3 is 17.3 Å². The van der Waals surface area contributed by atoms with Gasteiger partial charge in [0.25, 0.3) is 5.56 Å². The van der Waals surface area contributed by atoms with E-state index in [1.54, 1.807) is 25.4 Å². The quantitative estimate of drug-likeness (QED) is 0.0968. The van der Waals surface area contributed by atoms with E-state index in [1.165, 1.54) is 15.2 Å². The third-order valence-corrected chi connectivity index (χ3v) is 7.56. The van der Waals surface area contributed by atoms with Crippen LogP contribution in [0.5, 0.6) is 11.5 Å². The number of halogens is 1. The van der Waals surface area contributed by atoms with E-state index in [0.29, 0.717) is 30.0 Å². The molecule has 0 fully saturated rings. The molecule has 1 amide bonds. The Labute approximate surface area is 260 Å². The van der Waals surface area contributed by atoms with Crippen molar-refractivity contribution in [3.8, 4) is 28.6 Å². The largest absolute Gasteiger partial charge is 0.508 e. The van der Waals surface area contributed by atoms with E-state index < -0.39 is 22.8 Å². The van der Waals surface area contributed by atoms with Crippen molar-refractivity contribution in [2.75, 3.05) is 20.3 Å². The van der Waals surface area contributed by atoms with Crippen LogP contribution in [0, 0.1) is 5.82 Å². The van der Waals surface area contributed by atoms with E-state index in [0.717, 1.165) is 21.7 Å². The van der Waals surface area contributed by atoms with E-state index >= 15 is 0 Å². The van der Waals surface area contributed by atoms with Gasteiger partial charge in [-0.25, -0.2) is 24.0 Å². The van der Waals surface area contributed by atoms with E-state index in [1.807, 2.05) is 47.8 Å². The molecule has 0 unspecified atom stereocenters. The molecule has 0 radical (unpaired) electrons. The molecule has 0 atom stereocenters. The number of H-pyrrole nitrogens is 2. The molecule has 0 bridgehead atoms. The van der Waals surface area contributed by atoms with Gasteiger partial charge in [-0.05, 0) is 41.8 Å². The van der Waals surface area contributed by atoms with E-state index in [4.69, 9.17) is 4.74 Å². The molecular weight excluding hydrogens is 601 g/mol. The summed E-state index contributed by atoms with van der Waals surface area (Å²) in [6.07, 6.45) is 4.12. The molecule has 0 aliphatic carbocycles. The SMILES string of the molecule is CC(C)c1cc(-c2n[nH]c(=O)n2-c2ccc3c(ccn3CCOCC=[N+](C)C(=O)CCn3cc(F)c(=O)[nH]c3=O)c2)c(O)cc1O. The van der Waals surface area contributed by atoms with Crippen molar-refractivity contribution in [1.82, 2.24) is 28.9 Å². The highest BCUT2D eigenvalue weighted by Crippen LogP contribution is 2.37. The van der Waals surface area contributed by atoms with E-state index in [-0.39, 0.29) is 48.7 Å². The first-order valence-corrected chi connectivity index (χ1v) is 14.4. The second-order valence-electron chi connectivity index (χ2n) is 11.0.